The number of anilines is 2. The minimum absolute atomic E-state index is 0.199. The van der Waals surface area contributed by atoms with Gasteiger partial charge < -0.3 is 29.3 Å². The van der Waals surface area contributed by atoms with Crippen LogP contribution in [0, 0.1) is 5.92 Å². The van der Waals surface area contributed by atoms with Gasteiger partial charge in [0.15, 0.2) is 12.7 Å². The maximum Gasteiger partial charge on any atom is 0.422 e. The summed E-state index contributed by atoms with van der Waals surface area (Å²) in [5.41, 5.74) is 0.507. The number of aromatic nitrogens is 3. The first kappa shape index (κ1) is 25.4. The second kappa shape index (κ2) is 10.9. The van der Waals surface area contributed by atoms with Crippen LogP contribution in [0.2, 0.25) is 0 Å². The number of alkyl halides is 3. The van der Waals surface area contributed by atoms with E-state index < -0.39 is 18.9 Å². The Hall–Kier alpha value is -3.68. The number of rotatable bonds is 10. The summed E-state index contributed by atoms with van der Waals surface area (Å²) in [6, 6.07) is 2.64. The molecule has 36 heavy (non-hydrogen) atoms. The molecule has 2 aliphatic rings. The minimum atomic E-state index is -4.46. The SMILES string of the molecule is CNCCOC(=O)C1CN(c2ncc(N3CC[C@@H](Oc4ccc(OCC(F)(F)F)nc4)C3=O)cn2)C1. The van der Waals surface area contributed by atoms with Crippen LogP contribution in [-0.2, 0) is 14.3 Å². The van der Waals surface area contributed by atoms with Crippen molar-refractivity contribution in [2.45, 2.75) is 18.7 Å². The molecule has 4 rings (SSSR count). The number of nitrogens with zero attached hydrogens (tertiary/aromatic N) is 5. The van der Waals surface area contributed by atoms with Gasteiger partial charge in [-0.1, -0.05) is 0 Å². The highest BCUT2D eigenvalue weighted by Gasteiger charge is 2.37. The van der Waals surface area contributed by atoms with Crippen molar-refractivity contribution >= 4 is 23.5 Å². The predicted octanol–water partition coefficient (Wildman–Crippen LogP) is 1.20. The van der Waals surface area contributed by atoms with E-state index in [2.05, 4.69) is 25.0 Å². The first-order valence-corrected chi connectivity index (χ1v) is 11.3. The van der Waals surface area contributed by atoms with E-state index in [0.717, 1.165) is 0 Å². The quantitative estimate of drug-likeness (QED) is 0.369. The van der Waals surface area contributed by atoms with Crippen LogP contribution in [0.15, 0.2) is 30.7 Å². The predicted molar refractivity (Wildman–Crippen MR) is 120 cm³/mol. The van der Waals surface area contributed by atoms with Gasteiger partial charge in [-0.3, -0.25) is 9.59 Å². The molecular weight excluding hydrogens is 485 g/mol. The Labute approximate surface area is 204 Å². The number of carbonyl (C=O) groups is 2. The molecule has 0 spiro atoms. The number of hydrogen-bond acceptors (Lipinski definition) is 10. The molecule has 0 unspecified atom stereocenters. The highest BCUT2D eigenvalue weighted by molar-refractivity contribution is 5.98. The first-order chi connectivity index (χ1) is 17.2. The largest absolute Gasteiger partial charge is 0.479 e. The zero-order chi connectivity index (χ0) is 25.7. The highest BCUT2D eigenvalue weighted by atomic mass is 19.4. The standard InChI is InChI=1S/C22H25F3N6O5/c1-26-5-7-34-20(33)14-11-30(12-14)21-28-8-15(9-29-21)31-6-4-17(19(31)32)36-16-2-3-18(27-10-16)35-13-22(23,24)25/h2-3,8-10,14,17,26H,4-7,11-13H2,1H3/t17-/m1/s1. The van der Waals surface area contributed by atoms with Crippen molar-refractivity contribution in [3.8, 4) is 11.6 Å². The van der Waals surface area contributed by atoms with E-state index >= 15 is 0 Å². The van der Waals surface area contributed by atoms with Gasteiger partial charge in [-0.05, 0) is 13.1 Å². The zero-order valence-electron chi connectivity index (χ0n) is 19.4. The van der Waals surface area contributed by atoms with Crippen molar-refractivity contribution in [3.05, 3.63) is 30.7 Å². The highest BCUT2D eigenvalue weighted by Crippen LogP contribution is 2.27. The average Bonchev–Trinajstić information content (AvgIpc) is 3.18. The Morgan fingerprint density at radius 3 is 2.56 bits per heavy atom. The number of amides is 1. The zero-order valence-corrected chi connectivity index (χ0v) is 19.4. The van der Waals surface area contributed by atoms with E-state index in [4.69, 9.17) is 9.47 Å². The summed E-state index contributed by atoms with van der Waals surface area (Å²) in [5, 5.41) is 2.91. The lowest BCUT2D eigenvalue weighted by Gasteiger charge is -2.37. The summed E-state index contributed by atoms with van der Waals surface area (Å²) in [6.45, 7) is 0.783. The minimum Gasteiger partial charge on any atom is -0.479 e. The van der Waals surface area contributed by atoms with Crippen LogP contribution in [0.25, 0.3) is 0 Å². The third kappa shape index (κ3) is 6.30. The van der Waals surface area contributed by atoms with Gasteiger partial charge in [-0.2, -0.15) is 13.2 Å². The Morgan fingerprint density at radius 1 is 1.17 bits per heavy atom. The third-order valence-electron chi connectivity index (χ3n) is 5.56. The molecule has 2 saturated heterocycles. The molecule has 0 saturated carbocycles. The van der Waals surface area contributed by atoms with Crippen molar-refractivity contribution in [1.82, 2.24) is 20.3 Å². The Kier molecular flexibility index (Phi) is 7.72. The molecular formula is C22H25F3N6O5. The van der Waals surface area contributed by atoms with E-state index in [0.29, 0.717) is 50.8 Å². The van der Waals surface area contributed by atoms with Gasteiger partial charge in [0.2, 0.25) is 11.8 Å². The molecule has 0 aromatic carbocycles. The second-order valence-corrected chi connectivity index (χ2v) is 8.24. The smallest absolute Gasteiger partial charge is 0.422 e. The molecule has 1 N–H and O–H groups in total. The maximum atomic E-state index is 12.8. The molecule has 194 valence electrons. The summed E-state index contributed by atoms with van der Waals surface area (Å²) in [4.78, 5) is 40.5. The van der Waals surface area contributed by atoms with Crippen molar-refractivity contribution < 1.29 is 37.0 Å². The summed E-state index contributed by atoms with van der Waals surface area (Å²) in [6.07, 6.45) is -0.563. The number of hydrogen-bond donors (Lipinski definition) is 1. The fourth-order valence-corrected chi connectivity index (χ4v) is 3.64. The number of nitrogens with one attached hydrogen (secondary N) is 1. The molecule has 14 heteroatoms. The molecule has 1 amide bonds. The van der Waals surface area contributed by atoms with Gasteiger partial charge in [0, 0.05) is 38.7 Å². The molecule has 0 radical (unpaired) electrons. The van der Waals surface area contributed by atoms with Crippen LogP contribution in [0.3, 0.4) is 0 Å². The monoisotopic (exact) mass is 510 g/mol. The lowest BCUT2D eigenvalue weighted by atomic mass is 10.0. The van der Waals surface area contributed by atoms with E-state index in [1.165, 1.54) is 35.6 Å². The van der Waals surface area contributed by atoms with Crippen LogP contribution in [0.5, 0.6) is 11.6 Å². The molecule has 11 nitrogen and oxygen atoms in total. The van der Waals surface area contributed by atoms with E-state index in [9.17, 15) is 22.8 Å². The Morgan fingerprint density at radius 2 is 1.92 bits per heavy atom. The molecule has 2 aromatic rings. The number of pyridine rings is 1. The van der Waals surface area contributed by atoms with Crippen molar-refractivity contribution in [1.29, 1.82) is 0 Å². The Bertz CT molecular complexity index is 1050. The summed E-state index contributed by atoms with van der Waals surface area (Å²) < 4.78 is 52.1. The van der Waals surface area contributed by atoms with Crippen LogP contribution in [0.1, 0.15) is 6.42 Å². The fraction of sp³-hybridized carbons (Fsp3) is 0.500. The van der Waals surface area contributed by atoms with Gasteiger partial charge in [0.1, 0.15) is 12.4 Å². The molecule has 0 bridgehead atoms. The number of esters is 1. The maximum absolute atomic E-state index is 12.8. The summed E-state index contributed by atoms with van der Waals surface area (Å²) in [7, 11) is 1.78. The van der Waals surface area contributed by atoms with Gasteiger partial charge in [0.05, 0.1) is 30.2 Å². The number of ether oxygens (including phenoxy) is 3. The van der Waals surface area contributed by atoms with Crippen LogP contribution in [-0.4, -0.2) is 85.5 Å². The van der Waals surface area contributed by atoms with Crippen molar-refractivity contribution in [3.63, 3.8) is 0 Å². The van der Waals surface area contributed by atoms with Gasteiger partial charge in [-0.15, -0.1) is 0 Å². The molecule has 0 aliphatic carbocycles. The lowest BCUT2D eigenvalue weighted by Crippen LogP contribution is -2.52. The second-order valence-electron chi connectivity index (χ2n) is 8.24. The number of halogens is 3. The third-order valence-corrected chi connectivity index (χ3v) is 5.56. The van der Waals surface area contributed by atoms with Crippen molar-refractivity contribution in [2.75, 3.05) is 56.2 Å². The molecule has 2 fully saturated rings. The van der Waals surface area contributed by atoms with Crippen LogP contribution in [0.4, 0.5) is 24.8 Å². The lowest BCUT2D eigenvalue weighted by molar-refractivity contribution is -0.154. The van der Waals surface area contributed by atoms with Gasteiger partial charge >= 0.3 is 12.1 Å². The summed E-state index contributed by atoms with van der Waals surface area (Å²) >= 11 is 0. The van der Waals surface area contributed by atoms with Crippen LogP contribution >= 0.6 is 0 Å². The van der Waals surface area contributed by atoms with Gasteiger partial charge in [-0.25, -0.2) is 15.0 Å². The van der Waals surface area contributed by atoms with E-state index in [1.807, 2.05) is 4.90 Å². The number of carbonyl (C=O) groups excluding carboxylic acids is 2. The molecule has 2 aromatic heterocycles. The summed E-state index contributed by atoms with van der Waals surface area (Å²) in [5.74, 6) is -0.268. The van der Waals surface area contributed by atoms with E-state index in [1.54, 1.807) is 7.05 Å². The van der Waals surface area contributed by atoms with E-state index in [-0.39, 0.29) is 29.4 Å². The van der Waals surface area contributed by atoms with Crippen molar-refractivity contribution in [2.24, 2.45) is 5.92 Å². The molecule has 2 aliphatic heterocycles. The average molecular weight is 510 g/mol. The Balaban J connectivity index is 1.26. The first-order valence-electron chi connectivity index (χ1n) is 11.3. The van der Waals surface area contributed by atoms with Gasteiger partial charge in [0.25, 0.3) is 5.91 Å². The number of likely N-dealkylation sites (N-methyl/N-ethyl adjacent to an activating group) is 1. The molecule has 1 atom stereocenters. The normalized spacial score (nSPS) is 18.2. The molecule has 4 heterocycles. The fourth-order valence-electron chi connectivity index (χ4n) is 3.64. The van der Waals surface area contributed by atoms with Crippen LogP contribution < -0.4 is 24.6 Å². The topological polar surface area (TPSA) is 119 Å².